The molecule has 0 amide bonds. The molecule has 0 spiro atoms. The number of aromatic nitrogens is 2. The summed E-state index contributed by atoms with van der Waals surface area (Å²) >= 11 is 9.17. The molecule has 2 heterocycles. The standard InChI is InChI=1S/C7H6N2S2.U/c10-6-7(11)9-4-2-1-3-5(9)8-6;/h1-4,10-11H;/p-1. The van der Waals surface area contributed by atoms with Crippen LogP contribution in [0.2, 0.25) is 0 Å². The SMILES string of the molecule is [S-]c1c(S)nc2ccccn12.[U]. The van der Waals surface area contributed by atoms with E-state index in [4.69, 9.17) is 12.6 Å². The Morgan fingerprint density at radius 3 is 2.83 bits per heavy atom. The first kappa shape index (κ1) is 10.4. The smallest absolute Gasteiger partial charge is 0.136 e. The molecular weight excluding hydrogens is 414 g/mol. The summed E-state index contributed by atoms with van der Waals surface area (Å²) in [5.74, 6) is 0. The third-order valence-electron chi connectivity index (χ3n) is 1.47. The van der Waals surface area contributed by atoms with E-state index in [0.29, 0.717) is 10.1 Å². The Balaban J connectivity index is 0.000000720. The summed E-state index contributed by atoms with van der Waals surface area (Å²) in [6.45, 7) is 0. The molecule has 12 heavy (non-hydrogen) atoms. The van der Waals surface area contributed by atoms with E-state index in [1.165, 1.54) is 0 Å². The molecule has 0 radical (unpaired) electrons. The van der Waals surface area contributed by atoms with Crippen molar-refractivity contribution >= 4 is 30.9 Å². The van der Waals surface area contributed by atoms with Crippen LogP contribution in [0.3, 0.4) is 0 Å². The molecule has 0 atom stereocenters. The molecule has 5 heteroatoms. The molecule has 0 saturated carbocycles. The molecule has 2 nitrogen and oxygen atoms in total. The second-order valence-electron chi connectivity index (χ2n) is 2.17. The Bertz CT molecular complexity index is 399. The van der Waals surface area contributed by atoms with E-state index in [9.17, 15) is 0 Å². The summed E-state index contributed by atoms with van der Waals surface area (Å²) in [7, 11) is 0. The maximum atomic E-state index is 5.05. The number of rotatable bonds is 0. The van der Waals surface area contributed by atoms with Gasteiger partial charge in [0.1, 0.15) is 5.65 Å². The van der Waals surface area contributed by atoms with Crippen LogP contribution in [-0.4, -0.2) is 9.38 Å². The zero-order chi connectivity index (χ0) is 7.84. The minimum absolute atomic E-state index is 0. The normalized spacial score (nSPS) is 9.75. The number of pyridine rings is 1. The number of fused-ring (bicyclic) bond motifs is 1. The van der Waals surface area contributed by atoms with Gasteiger partial charge in [-0.25, -0.2) is 4.98 Å². The average Bonchev–Trinajstić information content (AvgIpc) is 2.30. The van der Waals surface area contributed by atoms with Crippen molar-refractivity contribution in [2.75, 3.05) is 0 Å². The summed E-state index contributed by atoms with van der Waals surface area (Å²) in [5.41, 5.74) is 0.850. The third-order valence-corrected chi connectivity index (χ3v) is 2.32. The molecule has 2 rings (SSSR count). The molecule has 0 aliphatic carbocycles. The van der Waals surface area contributed by atoms with Gasteiger partial charge in [-0.05, 0) is 12.1 Å². The first-order valence-electron chi connectivity index (χ1n) is 3.12. The first-order valence-corrected chi connectivity index (χ1v) is 3.97. The van der Waals surface area contributed by atoms with Crippen LogP contribution >= 0.6 is 12.6 Å². The Morgan fingerprint density at radius 2 is 2.17 bits per heavy atom. The third kappa shape index (κ3) is 1.65. The van der Waals surface area contributed by atoms with Gasteiger partial charge in [-0.3, -0.25) is 0 Å². The zero-order valence-electron chi connectivity index (χ0n) is 6.06. The topological polar surface area (TPSA) is 17.3 Å². The van der Waals surface area contributed by atoms with Crippen LogP contribution in [0.15, 0.2) is 34.4 Å². The maximum Gasteiger partial charge on any atom is 0.136 e. The number of thiol groups is 1. The van der Waals surface area contributed by atoms with E-state index in [1.807, 2.05) is 28.8 Å². The van der Waals surface area contributed by atoms with Gasteiger partial charge in [0, 0.05) is 37.3 Å². The quantitative estimate of drug-likeness (QED) is 0.516. The second-order valence-corrected chi connectivity index (χ2v) is 2.98. The molecular formula is C7H5N2S2U-. The number of hydrogen-bond donors (Lipinski definition) is 1. The van der Waals surface area contributed by atoms with Crippen LogP contribution in [0.25, 0.3) is 5.65 Å². The Labute approximate surface area is 105 Å². The van der Waals surface area contributed by atoms with E-state index in [1.54, 1.807) is 0 Å². The van der Waals surface area contributed by atoms with Crippen molar-refractivity contribution in [3.05, 3.63) is 24.4 Å². The maximum absolute atomic E-state index is 5.05. The minimum atomic E-state index is 0. The van der Waals surface area contributed by atoms with Gasteiger partial charge in [0.05, 0.1) is 5.03 Å². The molecule has 0 unspecified atom stereocenters. The van der Waals surface area contributed by atoms with Gasteiger partial charge in [0.15, 0.2) is 0 Å². The molecule has 0 aromatic carbocycles. The number of nitrogens with zero attached hydrogens (tertiary/aromatic N) is 2. The van der Waals surface area contributed by atoms with Gasteiger partial charge in [-0.1, -0.05) is 11.1 Å². The molecule has 0 N–H and O–H groups in total. The van der Waals surface area contributed by atoms with Crippen LogP contribution in [-0.2, 0) is 12.6 Å². The van der Waals surface area contributed by atoms with Crippen LogP contribution < -0.4 is 0 Å². The molecule has 2 aromatic rings. The van der Waals surface area contributed by atoms with E-state index < -0.39 is 0 Å². The minimum Gasteiger partial charge on any atom is -0.759 e. The summed E-state index contributed by atoms with van der Waals surface area (Å²) in [6.07, 6.45) is 1.88. The summed E-state index contributed by atoms with van der Waals surface area (Å²) in [5, 5.41) is 1.29. The van der Waals surface area contributed by atoms with Gasteiger partial charge >= 0.3 is 0 Å². The van der Waals surface area contributed by atoms with Crippen LogP contribution in [0.4, 0.5) is 0 Å². The van der Waals surface area contributed by atoms with Crippen LogP contribution in [0.1, 0.15) is 0 Å². The molecule has 0 aliphatic rings. The van der Waals surface area contributed by atoms with E-state index >= 15 is 0 Å². The van der Waals surface area contributed by atoms with Gasteiger partial charge in [-0.2, -0.15) is 0 Å². The number of imidazole rings is 1. The van der Waals surface area contributed by atoms with Crippen molar-refractivity contribution in [3.8, 4) is 0 Å². The molecule has 0 aliphatic heterocycles. The fourth-order valence-corrected chi connectivity index (χ4v) is 1.37. The van der Waals surface area contributed by atoms with Crippen molar-refractivity contribution in [2.45, 2.75) is 10.1 Å². The molecule has 2 aromatic heterocycles. The van der Waals surface area contributed by atoms with Crippen molar-refractivity contribution in [1.29, 1.82) is 0 Å². The molecule has 60 valence electrons. The summed E-state index contributed by atoms with van der Waals surface area (Å²) < 4.78 is 1.83. The van der Waals surface area contributed by atoms with Gasteiger partial charge < -0.3 is 17.0 Å². The molecule has 0 fully saturated rings. The summed E-state index contributed by atoms with van der Waals surface area (Å²) in [4.78, 5) is 4.14. The van der Waals surface area contributed by atoms with E-state index in [0.717, 1.165) is 5.65 Å². The predicted molar refractivity (Wildman–Crippen MR) is 48.1 cm³/mol. The van der Waals surface area contributed by atoms with Crippen molar-refractivity contribution in [3.63, 3.8) is 0 Å². The fourth-order valence-electron chi connectivity index (χ4n) is 0.961. The Kier molecular flexibility index (Phi) is 3.48. The molecule has 0 saturated heterocycles. The monoisotopic (exact) mass is 419 g/mol. The van der Waals surface area contributed by atoms with Crippen LogP contribution in [0.5, 0.6) is 0 Å². The van der Waals surface area contributed by atoms with Crippen molar-refractivity contribution in [1.82, 2.24) is 9.38 Å². The molecule has 0 bridgehead atoms. The Morgan fingerprint density at radius 1 is 1.42 bits per heavy atom. The van der Waals surface area contributed by atoms with Crippen LogP contribution in [0, 0.1) is 31.1 Å². The first-order chi connectivity index (χ1) is 5.29. The van der Waals surface area contributed by atoms with E-state index in [-0.39, 0.29) is 31.1 Å². The number of hydrogen-bond acceptors (Lipinski definition) is 3. The summed E-state index contributed by atoms with van der Waals surface area (Å²) in [6, 6.07) is 5.73. The predicted octanol–water partition coefficient (Wildman–Crippen LogP) is 1.53. The van der Waals surface area contributed by atoms with Crippen molar-refractivity contribution in [2.24, 2.45) is 0 Å². The van der Waals surface area contributed by atoms with Gasteiger partial charge in [-0.15, -0.1) is 12.6 Å². The van der Waals surface area contributed by atoms with Crippen molar-refractivity contribution < 1.29 is 31.1 Å². The van der Waals surface area contributed by atoms with Gasteiger partial charge in [0.2, 0.25) is 0 Å². The second kappa shape index (κ2) is 4.01. The van der Waals surface area contributed by atoms with E-state index in [2.05, 4.69) is 17.6 Å². The Hall–Kier alpha value is 0.312. The zero-order valence-corrected chi connectivity index (χ0v) is 11.9. The largest absolute Gasteiger partial charge is 0.759 e. The van der Waals surface area contributed by atoms with Gasteiger partial charge in [0.25, 0.3) is 0 Å². The fraction of sp³-hybridized carbons (Fsp3) is 0. The average molecular weight is 419 g/mol.